The normalized spacial score (nSPS) is 25.0. The quantitative estimate of drug-likeness (QED) is 0.838. The Morgan fingerprint density at radius 3 is 3.11 bits per heavy atom. The Bertz CT molecular complexity index is 378. The Morgan fingerprint density at radius 1 is 1.67 bits per heavy atom. The molecule has 0 aliphatic carbocycles. The van der Waals surface area contributed by atoms with E-state index in [9.17, 15) is 4.79 Å². The van der Waals surface area contributed by atoms with Crippen molar-refractivity contribution in [2.75, 3.05) is 6.61 Å². The zero-order valence-corrected chi connectivity index (χ0v) is 11.0. The molecule has 3 atom stereocenters. The van der Waals surface area contributed by atoms with Crippen molar-refractivity contribution in [2.24, 2.45) is 5.92 Å². The van der Waals surface area contributed by atoms with E-state index in [1.165, 1.54) is 0 Å². The zero-order valence-electron chi connectivity index (χ0n) is 11.0. The lowest BCUT2D eigenvalue weighted by atomic mass is 9.98. The second kappa shape index (κ2) is 6.00. The molecule has 2 rings (SSSR count). The molecular formula is C13H21N3O2. The molecule has 0 bridgehead atoms. The van der Waals surface area contributed by atoms with Crippen molar-refractivity contribution >= 4 is 5.91 Å². The van der Waals surface area contributed by atoms with E-state index >= 15 is 0 Å². The van der Waals surface area contributed by atoms with E-state index < -0.39 is 0 Å². The zero-order chi connectivity index (χ0) is 13.0. The highest BCUT2D eigenvalue weighted by Gasteiger charge is 2.33. The topological polar surface area (TPSA) is 67.0 Å². The first-order valence-corrected chi connectivity index (χ1v) is 6.67. The van der Waals surface area contributed by atoms with Crippen LogP contribution < -0.4 is 5.32 Å². The second-order valence-electron chi connectivity index (χ2n) is 4.66. The fourth-order valence-corrected chi connectivity index (χ4v) is 2.46. The lowest BCUT2D eigenvalue weighted by Gasteiger charge is -2.20. The number of aromatic amines is 1. The first-order valence-electron chi connectivity index (χ1n) is 6.67. The molecule has 18 heavy (non-hydrogen) atoms. The van der Waals surface area contributed by atoms with Crippen LogP contribution in [-0.2, 0) is 9.53 Å². The van der Waals surface area contributed by atoms with E-state index in [4.69, 9.17) is 4.74 Å². The number of aromatic nitrogens is 2. The van der Waals surface area contributed by atoms with E-state index in [1.54, 1.807) is 12.4 Å². The number of hydrogen-bond donors (Lipinski definition) is 2. The minimum absolute atomic E-state index is 0.0148. The Kier molecular flexibility index (Phi) is 4.36. The molecule has 3 unspecified atom stereocenters. The van der Waals surface area contributed by atoms with Crippen LogP contribution in [0.1, 0.15) is 45.0 Å². The van der Waals surface area contributed by atoms with Gasteiger partial charge in [0.25, 0.3) is 0 Å². The number of imidazole rings is 1. The van der Waals surface area contributed by atoms with Crippen LogP contribution in [0.5, 0.6) is 0 Å². The lowest BCUT2D eigenvalue weighted by Crippen LogP contribution is -2.37. The van der Waals surface area contributed by atoms with Crippen LogP contribution >= 0.6 is 0 Å². The van der Waals surface area contributed by atoms with Gasteiger partial charge in [0.2, 0.25) is 5.91 Å². The van der Waals surface area contributed by atoms with E-state index in [0.717, 1.165) is 25.1 Å². The van der Waals surface area contributed by atoms with E-state index in [-0.39, 0.29) is 24.0 Å². The molecule has 1 aliphatic heterocycles. The van der Waals surface area contributed by atoms with Gasteiger partial charge in [-0.05, 0) is 19.3 Å². The molecule has 1 aromatic heterocycles. The van der Waals surface area contributed by atoms with Gasteiger partial charge >= 0.3 is 0 Å². The van der Waals surface area contributed by atoms with Crippen molar-refractivity contribution in [3.8, 4) is 0 Å². The van der Waals surface area contributed by atoms with Gasteiger partial charge in [-0.3, -0.25) is 4.79 Å². The molecule has 0 aromatic carbocycles. The number of nitrogens with one attached hydrogen (secondary N) is 2. The largest absolute Gasteiger partial charge is 0.377 e. The monoisotopic (exact) mass is 251 g/mol. The molecule has 100 valence electrons. The van der Waals surface area contributed by atoms with Crippen LogP contribution in [-0.4, -0.2) is 28.6 Å². The van der Waals surface area contributed by atoms with Gasteiger partial charge in [0.05, 0.1) is 18.1 Å². The maximum atomic E-state index is 12.2. The van der Waals surface area contributed by atoms with Crippen LogP contribution in [0.4, 0.5) is 0 Å². The maximum Gasteiger partial charge on any atom is 0.226 e. The fraction of sp³-hybridized carbons (Fsp3) is 0.692. The fourth-order valence-electron chi connectivity index (χ4n) is 2.46. The van der Waals surface area contributed by atoms with Crippen molar-refractivity contribution in [1.82, 2.24) is 15.3 Å². The number of carbonyl (C=O) groups is 1. The number of ether oxygens (including phenoxy) is 1. The molecule has 5 heteroatoms. The Labute approximate surface area is 107 Å². The van der Waals surface area contributed by atoms with E-state index in [1.807, 2.05) is 6.92 Å². The Morgan fingerprint density at radius 2 is 2.50 bits per heavy atom. The molecule has 1 saturated heterocycles. The summed E-state index contributed by atoms with van der Waals surface area (Å²) in [6, 6.07) is -0.0365. The average molecular weight is 251 g/mol. The van der Waals surface area contributed by atoms with Gasteiger partial charge < -0.3 is 15.0 Å². The standard InChI is InChI=1S/C13H21N3O2/c1-3-10(12-14-6-7-15-12)16-13(17)9-5-8-18-11(9)4-2/h6-7,9-11H,3-5,8H2,1-2H3,(H,14,15)(H,16,17). The molecule has 2 N–H and O–H groups in total. The minimum atomic E-state index is -0.0365. The van der Waals surface area contributed by atoms with Crippen molar-refractivity contribution < 1.29 is 9.53 Å². The molecule has 0 saturated carbocycles. The van der Waals surface area contributed by atoms with Crippen LogP contribution in [0.3, 0.4) is 0 Å². The summed E-state index contributed by atoms with van der Waals surface area (Å²) in [4.78, 5) is 19.5. The third-order valence-electron chi connectivity index (χ3n) is 3.52. The maximum absolute atomic E-state index is 12.2. The third-order valence-corrected chi connectivity index (χ3v) is 3.52. The number of rotatable bonds is 5. The number of H-pyrrole nitrogens is 1. The summed E-state index contributed by atoms with van der Waals surface area (Å²) in [7, 11) is 0. The van der Waals surface area contributed by atoms with Gasteiger partial charge in [-0.2, -0.15) is 0 Å². The van der Waals surface area contributed by atoms with Gasteiger partial charge in [-0.1, -0.05) is 13.8 Å². The highest BCUT2D eigenvalue weighted by molar-refractivity contribution is 5.79. The van der Waals surface area contributed by atoms with Crippen molar-refractivity contribution in [2.45, 2.75) is 45.3 Å². The summed E-state index contributed by atoms with van der Waals surface area (Å²) in [5.74, 6) is 0.888. The van der Waals surface area contributed by atoms with Gasteiger partial charge in [0, 0.05) is 19.0 Å². The van der Waals surface area contributed by atoms with Gasteiger partial charge in [-0.15, -0.1) is 0 Å². The van der Waals surface area contributed by atoms with E-state index in [0.29, 0.717) is 6.61 Å². The third kappa shape index (κ3) is 2.72. The van der Waals surface area contributed by atoms with Gasteiger partial charge in [0.15, 0.2) is 0 Å². The van der Waals surface area contributed by atoms with Crippen molar-refractivity contribution in [3.63, 3.8) is 0 Å². The first kappa shape index (κ1) is 13.1. The molecule has 1 aliphatic rings. The molecular weight excluding hydrogens is 230 g/mol. The molecule has 2 heterocycles. The molecule has 0 radical (unpaired) electrons. The number of amides is 1. The summed E-state index contributed by atoms with van der Waals surface area (Å²) in [6.07, 6.45) is 6.08. The second-order valence-corrected chi connectivity index (χ2v) is 4.66. The van der Waals surface area contributed by atoms with Crippen molar-refractivity contribution in [1.29, 1.82) is 0 Å². The molecule has 1 aromatic rings. The molecule has 1 amide bonds. The molecule has 0 spiro atoms. The van der Waals surface area contributed by atoms with Crippen LogP contribution in [0, 0.1) is 5.92 Å². The average Bonchev–Trinajstić information content (AvgIpc) is 3.05. The van der Waals surface area contributed by atoms with Gasteiger partial charge in [-0.25, -0.2) is 4.98 Å². The predicted octanol–water partition coefficient (Wildman–Crippen LogP) is 1.79. The van der Waals surface area contributed by atoms with Gasteiger partial charge in [0.1, 0.15) is 5.82 Å². The first-order chi connectivity index (χ1) is 8.76. The number of nitrogens with zero attached hydrogens (tertiary/aromatic N) is 1. The minimum Gasteiger partial charge on any atom is -0.377 e. The number of hydrogen-bond acceptors (Lipinski definition) is 3. The lowest BCUT2D eigenvalue weighted by molar-refractivity contribution is -0.127. The Hall–Kier alpha value is -1.36. The van der Waals surface area contributed by atoms with E-state index in [2.05, 4.69) is 22.2 Å². The summed E-state index contributed by atoms with van der Waals surface area (Å²) < 4.78 is 5.56. The van der Waals surface area contributed by atoms with Crippen molar-refractivity contribution in [3.05, 3.63) is 18.2 Å². The highest BCUT2D eigenvalue weighted by atomic mass is 16.5. The molecule has 1 fully saturated rings. The van der Waals surface area contributed by atoms with Crippen LogP contribution in [0.25, 0.3) is 0 Å². The smallest absolute Gasteiger partial charge is 0.226 e. The summed E-state index contributed by atoms with van der Waals surface area (Å²) in [6.45, 7) is 4.78. The molecule has 5 nitrogen and oxygen atoms in total. The van der Waals surface area contributed by atoms with Crippen LogP contribution in [0.2, 0.25) is 0 Å². The predicted molar refractivity (Wildman–Crippen MR) is 67.9 cm³/mol. The van der Waals surface area contributed by atoms with Crippen LogP contribution in [0.15, 0.2) is 12.4 Å². The highest BCUT2D eigenvalue weighted by Crippen LogP contribution is 2.24. The Balaban J connectivity index is 1.97. The summed E-state index contributed by atoms with van der Waals surface area (Å²) >= 11 is 0. The summed E-state index contributed by atoms with van der Waals surface area (Å²) in [5, 5.41) is 3.06. The summed E-state index contributed by atoms with van der Waals surface area (Å²) in [5.41, 5.74) is 0. The number of carbonyl (C=O) groups excluding carboxylic acids is 1. The SMILES string of the molecule is CCC(NC(=O)C1CCOC1CC)c1ncc[nH]1.